The summed E-state index contributed by atoms with van der Waals surface area (Å²) in [5.41, 5.74) is 0. The van der Waals surface area contributed by atoms with Crippen molar-refractivity contribution in [2.75, 3.05) is 19.8 Å². The maximum absolute atomic E-state index is 13.3. The van der Waals surface area contributed by atoms with Gasteiger partial charge < -0.3 is 65.1 Å². The van der Waals surface area contributed by atoms with E-state index in [0.717, 1.165) is 44.9 Å². The molecule has 12 atom stereocenters. The molecule has 0 spiro atoms. The summed E-state index contributed by atoms with van der Waals surface area (Å²) >= 11 is 0. The number of hydrogen-bond donors (Lipinski definition) is 9. The Bertz CT molecular complexity index is 1630. The molecule has 2 saturated heterocycles. The van der Waals surface area contributed by atoms with E-state index < -0.39 is 86.8 Å². The van der Waals surface area contributed by atoms with Crippen molar-refractivity contribution < 1.29 is 64.6 Å². The lowest BCUT2D eigenvalue weighted by molar-refractivity contribution is -0.359. The lowest BCUT2D eigenvalue weighted by atomic mass is 9.97. The number of rotatable bonds is 63. The molecule has 9 N–H and O–H groups in total. The predicted octanol–water partition coefficient (Wildman–Crippen LogP) is 16.1. The Morgan fingerprint density at radius 2 is 0.719 bits per heavy atom. The summed E-state index contributed by atoms with van der Waals surface area (Å²) in [6.45, 7) is 2.84. The minimum absolute atomic E-state index is 0.246. The van der Waals surface area contributed by atoms with Crippen molar-refractivity contribution in [1.82, 2.24) is 5.32 Å². The first-order chi connectivity index (χ1) is 43.6. The second kappa shape index (κ2) is 59.9. The number of allylic oxidation sites excluding steroid dienone is 5. The maximum atomic E-state index is 13.3. The topological polar surface area (TPSA) is 228 Å². The zero-order valence-corrected chi connectivity index (χ0v) is 57.2. The summed E-state index contributed by atoms with van der Waals surface area (Å²) in [5.74, 6) is -0.246. The van der Waals surface area contributed by atoms with Crippen molar-refractivity contribution >= 4 is 5.91 Å². The highest BCUT2D eigenvalue weighted by Crippen LogP contribution is 2.30. The van der Waals surface area contributed by atoms with Crippen LogP contribution in [0.1, 0.15) is 341 Å². The minimum atomic E-state index is -1.79. The Hall–Kier alpha value is -1.79. The molecule has 2 rings (SSSR count). The van der Waals surface area contributed by atoms with Gasteiger partial charge in [-0.25, -0.2) is 0 Å². The lowest BCUT2D eigenvalue weighted by Gasteiger charge is -2.46. The largest absolute Gasteiger partial charge is 0.394 e. The molecule has 0 aromatic rings. The third-order valence-electron chi connectivity index (χ3n) is 18.6. The number of amides is 1. The second-order valence-electron chi connectivity index (χ2n) is 26.8. The fourth-order valence-corrected chi connectivity index (χ4v) is 12.6. The van der Waals surface area contributed by atoms with E-state index in [1.165, 1.54) is 263 Å². The summed E-state index contributed by atoms with van der Waals surface area (Å²) in [6.07, 6.45) is 60.8. The van der Waals surface area contributed by atoms with Crippen molar-refractivity contribution in [3.8, 4) is 0 Å². The highest BCUT2D eigenvalue weighted by atomic mass is 16.7. The van der Waals surface area contributed by atoms with E-state index in [1.54, 1.807) is 6.08 Å². The fourth-order valence-electron chi connectivity index (χ4n) is 12.6. The standard InChI is InChI=1S/C75H141NO13/c1-3-5-7-9-11-13-15-17-19-21-23-25-27-29-30-31-32-33-34-35-36-38-40-42-44-46-48-50-52-54-56-58-64(79)63(62-86-74-72(85)70(83)73(66(61-78)88-74)89-75-71(84)69(82)68(81)65(60-77)87-75)76-67(80)59-57-55-53-51-49-47-45-43-41-39-37-28-26-24-22-20-18-16-14-12-10-8-6-4-2/h40,42,48,50,56,58,63-66,68-75,77-79,81-85H,3-39,41,43-47,49,51-55,57,59-62H2,1-2H3,(H,76,80)/b42-40+,50-48+,58-56+. The van der Waals surface area contributed by atoms with Gasteiger partial charge in [-0.15, -0.1) is 0 Å². The highest BCUT2D eigenvalue weighted by Gasteiger charge is 2.51. The SMILES string of the molecule is CCCCCCCCCCCCCCCCCCCCCCC/C=C/CC/C=C/CC/C=C/C(O)C(COC1OC(CO)C(OC2OC(CO)C(O)C(O)C2O)C(O)C1O)NC(=O)CCCCCCCCCCCCCCCCCCCCCCCCCC. The first-order valence-corrected chi connectivity index (χ1v) is 37.7. The van der Waals surface area contributed by atoms with Gasteiger partial charge in [0, 0.05) is 6.42 Å². The van der Waals surface area contributed by atoms with Crippen LogP contribution >= 0.6 is 0 Å². The van der Waals surface area contributed by atoms with E-state index in [-0.39, 0.29) is 18.9 Å². The molecular formula is C75H141NO13. The van der Waals surface area contributed by atoms with Crippen LogP contribution in [0.25, 0.3) is 0 Å². The van der Waals surface area contributed by atoms with Gasteiger partial charge in [0.2, 0.25) is 5.91 Å². The normalized spacial score (nSPS) is 23.2. The molecule has 14 nitrogen and oxygen atoms in total. The summed E-state index contributed by atoms with van der Waals surface area (Å²) in [6, 6.07) is -0.937. The summed E-state index contributed by atoms with van der Waals surface area (Å²) in [4.78, 5) is 13.3. The van der Waals surface area contributed by atoms with Crippen molar-refractivity contribution in [1.29, 1.82) is 0 Å². The Morgan fingerprint density at radius 3 is 1.10 bits per heavy atom. The molecule has 14 heteroatoms. The molecule has 12 unspecified atom stereocenters. The molecular weight excluding hydrogens is 1120 g/mol. The molecule has 0 saturated carbocycles. The Morgan fingerprint density at radius 1 is 0.393 bits per heavy atom. The van der Waals surface area contributed by atoms with Crippen LogP contribution in [0.4, 0.5) is 0 Å². The molecule has 2 heterocycles. The van der Waals surface area contributed by atoms with Crippen LogP contribution in [0, 0.1) is 0 Å². The van der Waals surface area contributed by atoms with Gasteiger partial charge in [0.05, 0.1) is 32.0 Å². The van der Waals surface area contributed by atoms with Crippen molar-refractivity contribution in [2.45, 2.75) is 415 Å². The molecule has 2 fully saturated rings. The third kappa shape index (κ3) is 43.7. The van der Waals surface area contributed by atoms with Gasteiger partial charge in [-0.2, -0.15) is 0 Å². The Balaban J connectivity index is 1.67. The van der Waals surface area contributed by atoms with Gasteiger partial charge in [0.15, 0.2) is 12.6 Å². The summed E-state index contributed by atoms with van der Waals surface area (Å²) in [7, 11) is 0. The first-order valence-electron chi connectivity index (χ1n) is 37.7. The molecule has 524 valence electrons. The number of aliphatic hydroxyl groups excluding tert-OH is 8. The van der Waals surface area contributed by atoms with Gasteiger partial charge in [-0.05, 0) is 44.9 Å². The van der Waals surface area contributed by atoms with Crippen molar-refractivity contribution in [3.63, 3.8) is 0 Å². The molecule has 2 aliphatic heterocycles. The smallest absolute Gasteiger partial charge is 0.220 e. The number of hydrogen-bond acceptors (Lipinski definition) is 13. The second-order valence-corrected chi connectivity index (χ2v) is 26.8. The molecule has 89 heavy (non-hydrogen) atoms. The lowest BCUT2D eigenvalue weighted by Crippen LogP contribution is -2.65. The molecule has 0 aliphatic carbocycles. The molecule has 0 aromatic carbocycles. The quantitative estimate of drug-likeness (QED) is 0.0204. The zero-order chi connectivity index (χ0) is 64.5. The van der Waals surface area contributed by atoms with E-state index >= 15 is 0 Å². The number of aliphatic hydroxyl groups is 8. The average molecular weight is 1260 g/mol. The van der Waals surface area contributed by atoms with Gasteiger partial charge in [0.1, 0.15) is 48.8 Å². The monoisotopic (exact) mass is 1260 g/mol. The zero-order valence-electron chi connectivity index (χ0n) is 57.2. The van der Waals surface area contributed by atoms with Crippen molar-refractivity contribution in [2.24, 2.45) is 0 Å². The molecule has 0 radical (unpaired) electrons. The molecule has 0 bridgehead atoms. The van der Waals surface area contributed by atoms with Crippen LogP contribution in [0.2, 0.25) is 0 Å². The van der Waals surface area contributed by atoms with Crippen LogP contribution in [0.5, 0.6) is 0 Å². The average Bonchev–Trinajstić information content (AvgIpc) is 3.61. The predicted molar refractivity (Wildman–Crippen MR) is 365 cm³/mol. The Labute approximate surface area is 544 Å². The van der Waals surface area contributed by atoms with Crippen LogP contribution < -0.4 is 5.32 Å². The van der Waals surface area contributed by atoms with Crippen LogP contribution in [0.3, 0.4) is 0 Å². The van der Waals surface area contributed by atoms with E-state index in [0.29, 0.717) is 12.8 Å². The third-order valence-corrected chi connectivity index (χ3v) is 18.6. The maximum Gasteiger partial charge on any atom is 0.220 e. The number of nitrogens with one attached hydrogen (secondary N) is 1. The van der Waals surface area contributed by atoms with Crippen LogP contribution in [-0.2, 0) is 23.7 Å². The van der Waals surface area contributed by atoms with Gasteiger partial charge in [0.25, 0.3) is 0 Å². The summed E-state index contributed by atoms with van der Waals surface area (Å²) in [5, 5.41) is 87.5. The summed E-state index contributed by atoms with van der Waals surface area (Å²) < 4.78 is 22.9. The number of unbranched alkanes of at least 4 members (excludes halogenated alkanes) is 46. The molecule has 2 aliphatic rings. The van der Waals surface area contributed by atoms with Crippen LogP contribution in [-0.4, -0.2) is 140 Å². The van der Waals surface area contributed by atoms with Gasteiger partial charge in [-0.1, -0.05) is 326 Å². The fraction of sp³-hybridized carbons (Fsp3) is 0.907. The van der Waals surface area contributed by atoms with E-state index in [9.17, 15) is 45.6 Å². The van der Waals surface area contributed by atoms with E-state index in [4.69, 9.17) is 18.9 Å². The number of ether oxygens (including phenoxy) is 4. The van der Waals surface area contributed by atoms with E-state index in [1.807, 2.05) is 6.08 Å². The van der Waals surface area contributed by atoms with Crippen LogP contribution in [0.15, 0.2) is 36.5 Å². The van der Waals surface area contributed by atoms with Gasteiger partial charge in [-0.3, -0.25) is 4.79 Å². The first kappa shape index (κ1) is 83.3. The Kier molecular flexibility index (Phi) is 56.1. The van der Waals surface area contributed by atoms with Crippen molar-refractivity contribution in [3.05, 3.63) is 36.5 Å². The van der Waals surface area contributed by atoms with Gasteiger partial charge >= 0.3 is 0 Å². The number of carbonyl (C=O) groups is 1. The minimum Gasteiger partial charge on any atom is -0.394 e. The number of carbonyl (C=O) groups excluding carboxylic acids is 1. The molecule has 1 amide bonds. The highest BCUT2D eigenvalue weighted by molar-refractivity contribution is 5.76. The van der Waals surface area contributed by atoms with E-state index in [2.05, 4.69) is 43.5 Å². The molecule has 0 aromatic heterocycles.